The fourth-order valence-electron chi connectivity index (χ4n) is 2.39. The van der Waals surface area contributed by atoms with Gasteiger partial charge in [0.1, 0.15) is 0 Å². The van der Waals surface area contributed by atoms with Gasteiger partial charge in [0, 0.05) is 6.42 Å². The summed E-state index contributed by atoms with van der Waals surface area (Å²) in [6, 6.07) is 15.7. The molecule has 0 spiro atoms. The van der Waals surface area contributed by atoms with Gasteiger partial charge in [-0.05, 0) is 25.0 Å². The molecule has 0 aliphatic heterocycles. The number of hydrogen-bond acceptors (Lipinski definition) is 2. The highest BCUT2D eigenvalue weighted by Crippen LogP contribution is 2.14. The van der Waals surface area contributed by atoms with Crippen molar-refractivity contribution in [2.24, 2.45) is 0 Å². The molecule has 0 fully saturated rings. The zero-order valence-corrected chi connectivity index (χ0v) is 12.4. The molecule has 1 atom stereocenters. The van der Waals surface area contributed by atoms with E-state index in [1.54, 1.807) is 0 Å². The minimum Gasteiger partial charge on any atom is -0.479 e. The van der Waals surface area contributed by atoms with Gasteiger partial charge in [-0.25, -0.2) is 4.79 Å². The van der Waals surface area contributed by atoms with Crippen molar-refractivity contribution in [1.29, 1.82) is 0 Å². The van der Waals surface area contributed by atoms with Crippen LogP contribution in [-0.4, -0.2) is 17.2 Å². The summed E-state index contributed by atoms with van der Waals surface area (Å²) in [4.78, 5) is 11.4. The highest BCUT2D eigenvalue weighted by atomic mass is 16.5. The van der Waals surface area contributed by atoms with Crippen molar-refractivity contribution in [2.75, 3.05) is 0 Å². The van der Waals surface area contributed by atoms with Crippen LogP contribution >= 0.6 is 0 Å². The Bertz CT molecular complexity index is 585. The molecule has 0 radical (unpaired) electrons. The van der Waals surface area contributed by atoms with Gasteiger partial charge < -0.3 is 9.84 Å². The summed E-state index contributed by atoms with van der Waals surface area (Å²) in [5.74, 6) is -0.926. The predicted octanol–water partition coefficient (Wildman–Crippen LogP) is 3.52. The Hall–Kier alpha value is -2.13. The fraction of sp³-hybridized carbons (Fsp3) is 0.278. The number of carboxylic acids is 1. The zero-order valence-electron chi connectivity index (χ0n) is 12.4. The molecule has 3 heteroatoms. The first-order chi connectivity index (χ1) is 10.0. The topological polar surface area (TPSA) is 46.5 Å². The second kappa shape index (κ2) is 7.04. The molecule has 0 bridgehead atoms. The lowest BCUT2D eigenvalue weighted by Gasteiger charge is -2.15. The first-order valence-electron chi connectivity index (χ1n) is 7.00. The highest BCUT2D eigenvalue weighted by molar-refractivity contribution is 5.72. The number of carboxylic acid groups (broad SMARTS) is 1. The van der Waals surface area contributed by atoms with Gasteiger partial charge in [0.2, 0.25) is 0 Å². The molecule has 3 nitrogen and oxygen atoms in total. The average molecular weight is 284 g/mol. The number of rotatable bonds is 6. The third-order valence-corrected chi connectivity index (χ3v) is 3.27. The largest absolute Gasteiger partial charge is 0.479 e. The second-order valence-corrected chi connectivity index (χ2v) is 5.32. The molecule has 2 aromatic carbocycles. The molecule has 0 aliphatic carbocycles. The first kappa shape index (κ1) is 15.3. The smallest absolute Gasteiger partial charge is 0.333 e. The SMILES string of the molecule is Cc1cc(C)cc(C[C@@H](OCc2ccccc2)C(=O)O)c1. The summed E-state index contributed by atoms with van der Waals surface area (Å²) < 4.78 is 5.57. The van der Waals surface area contributed by atoms with E-state index in [1.807, 2.05) is 56.3 Å². The summed E-state index contributed by atoms with van der Waals surface area (Å²) in [6.07, 6.45) is -0.448. The Morgan fingerprint density at radius 1 is 1.05 bits per heavy atom. The quantitative estimate of drug-likeness (QED) is 0.883. The Morgan fingerprint density at radius 2 is 1.67 bits per heavy atom. The van der Waals surface area contributed by atoms with Crippen LogP contribution < -0.4 is 0 Å². The number of carbonyl (C=O) groups is 1. The summed E-state index contributed by atoms with van der Waals surface area (Å²) in [5, 5.41) is 9.33. The zero-order chi connectivity index (χ0) is 15.2. The lowest BCUT2D eigenvalue weighted by molar-refractivity contribution is -0.151. The van der Waals surface area contributed by atoms with Gasteiger partial charge in [-0.2, -0.15) is 0 Å². The number of ether oxygens (including phenoxy) is 1. The molecule has 0 unspecified atom stereocenters. The van der Waals surface area contributed by atoms with Crippen molar-refractivity contribution < 1.29 is 14.6 Å². The van der Waals surface area contributed by atoms with Crippen LogP contribution in [0.1, 0.15) is 22.3 Å². The molecule has 1 N–H and O–H groups in total. The molecule has 0 aliphatic rings. The summed E-state index contributed by atoms with van der Waals surface area (Å²) in [5.41, 5.74) is 4.24. The van der Waals surface area contributed by atoms with Crippen molar-refractivity contribution in [2.45, 2.75) is 33.0 Å². The van der Waals surface area contributed by atoms with Gasteiger partial charge in [0.15, 0.2) is 6.10 Å². The maximum absolute atomic E-state index is 11.4. The molecule has 2 rings (SSSR count). The van der Waals surface area contributed by atoms with Crippen LogP contribution in [0.4, 0.5) is 0 Å². The van der Waals surface area contributed by atoms with E-state index < -0.39 is 12.1 Å². The van der Waals surface area contributed by atoms with Crippen molar-refractivity contribution in [3.63, 3.8) is 0 Å². The van der Waals surface area contributed by atoms with Crippen molar-refractivity contribution in [3.05, 3.63) is 70.8 Å². The van der Waals surface area contributed by atoms with E-state index in [1.165, 1.54) is 0 Å². The van der Waals surface area contributed by atoms with Crippen LogP contribution in [0, 0.1) is 13.8 Å². The number of benzene rings is 2. The molecule has 0 saturated heterocycles. The van der Waals surface area contributed by atoms with E-state index in [4.69, 9.17) is 4.74 Å². The Balaban J connectivity index is 2.03. The lowest BCUT2D eigenvalue weighted by Crippen LogP contribution is -2.26. The predicted molar refractivity (Wildman–Crippen MR) is 82.3 cm³/mol. The minimum atomic E-state index is -0.926. The van der Waals surface area contributed by atoms with E-state index in [9.17, 15) is 9.90 Å². The molecule has 21 heavy (non-hydrogen) atoms. The van der Waals surface area contributed by atoms with Crippen LogP contribution in [0.15, 0.2) is 48.5 Å². The Labute approximate surface area is 125 Å². The molecule has 0 aromatic heterocycles. The van der Waals surface area contributed by atoms with Crippen LogP contribution in [0.2, 0.25) is 0 Å². The van der Waals surface area contributed by atoms with Gasteiger partial charge in [-0.1, -0.05) is 59.7 Å². The lowest BCUT2D eigenvalue weighted by atomic mass is 10.0. The van der Waals surface area contributed by atoms with Crippen molar-refractivity contribution in [3.8, 4) is 0 Å². The summed E-state index contributed by atoms with van der Waals surface area (Å²) in [6.45, 7) is 4.33. The maximum atomic E-state index is 11.4. The van der Waals surface area contributed by atoms with Gasteiger partial charge in [0.05, 0.1) is 6.61 Å². The van der Waals surface area contributed by atoms with Crippen LogP contribution in [-0.2, 0) is 22.6 Å². The Kier molecular flexibility index (Phi) is 5.12. The second-order valence-electron chi connectivity index (χ2n) is 5.32. The number of aryl methyl sites for hydroxylation is 2. The Morgan fingerprint density at radius 3 is 2.24 bits per heavy atom. The number of hydrogen-bond donors (Lipinski definition) is 1. The molecule has 0 heterocycles. The van der Waals surface area contributed by atoms with Crippen LogP contribution in [0.3, 0.4) is 0 Å². The molecular weight excluding hydrogens is 264 g/mol. The summed E-state index contributed by atoms with van der Waals surface area (Å²) >= 11 is 0. The molecule has 2 aromatic rings. The molecule has 0 saturated carbocycles. The van der Waals surface area contributed by atoms with Gasteiger partial charge in [-0.15, -0.1) is 0 Å². The molecule has 110 valence electrons. The van der Waals surface area contributed by atoms with E-state index in [2.05, 4.69) is 6.07 Å². The normalized spacial score (nSPS) is 12.1. The monoisotopic (exact) mass is 284 g/mol. The van der Waals surface area contributed by atoms with E-state index in [-0.39, 0.29) is 0 Å². The standard InChI is InChI=1S/C18H20O3/c1-13-8-14(2)10-16(9-13)11-17(18(19)20)21-12-15-6-4-3-5-7-15/h3-10,17H,11-12H2,1-2H3,(H,19,20)/t17-/m1/s1. The summed E-state index contributed by atoms with van der Waals surface area (Å²) in [7, 11) is 0. The van der Waals surface area contributed by atoms with E-state index >= 15 is 0 Å². The minimum absolute atomic E-state index is 0.308. The first-order valence-corrected chi connectivity index (χ1v) is 7.00. The average Bonchev–Trinajstić information content (AvgIpc) is 2.43. The van der Waals surface area contributed by atoms with Gasteiger partial charge >= 0.3 is 5.97 Å². The van der Waals surface area contributed by atoms with E-state index in [0.717, 1.165) is 22.3 Å². The van der Waals surface area contributed by atoms with E-state index in [0.29, 0.717) is 13.0 Å². The highest BCUT2D eigenvalue weighted by Gasteiger charge is 2.19. The fourth-order valence-corrected chi connectivity index (χ4v) is 2.39. The van der Waals surface area contributed by atoms with Crippen LogP contribution in [0.5, 0.6) is 0 Å². The number of aliphatic carboxylic acids is 1. The maximum Gasteiger partial charge on any atom is 0.333 e. The van der Waals surface area contributed by atoms with Crippen molar-refractivity contribution >= 4 is 5.97 Å². The molecular formula is C18H20O3. The van der Waals surface area contributed by atoms with Crippen molar-refractivity contribution in [1.82, 2.24) is 0 Å². The third kappa shape index (κ3) is 4.72. The molecule has 0 amide bonds. The van der Waals surface area contributed by atoms with Gasteiger partial charge in [-0.3, -0.25) is 0 Å². The third-order valence-electron chi connectivity index (χ3n) is 3.27. The van der Waals surface area contributed by atoms with Crippen LogP contribution in [0.25, 0.3) is 0 Å². The van der Waals surface area contributed by atoms with Gasteiger partial charge in [0.25, 0.3) is 0 Å².